The summed E-state index contributed by atoms with van der Waals surface area (Å²) in [6, 6.07) is 15.6. The van der Waals surface area contributed by atoms with Crippen molar-refractivity contribution in [2.75, 3.05) is 25.1 Å². The number of ether oxygens (including phenoxy) is 1. The molecule has 0 aromatic heterocycles. The summed E-state index contributed by atoms with van der Waals surface area (Å²) in [7, 11) is 1.64. The first kappa shape index (κ1) is 17.9. The largest absolute Gasteiger partial charge is 0.497 e. The fraction of sp³-hybridized carbons (Fsp3) is 0.238. The fourth-order valence-corrected chi connectivity index (χ4v) is 3.45. The molecule has 2 heterocycles. The van der Waals surface area contributed by atoms with Crippen LogP contribution in [0.15, 0.2) is 65.8 Å². The Morgan fingerprint density at radius 3 is 2.79 bits per heavy atom. The Bertz CT molecular complexity index is 923. The molecule has 1 saturated heterocycles. The van der Waals surface area contributed by atoms with Gasteiger partial charge in [0.15, 0.2) is 5.96 Å². The highest BCUT2D eigenvalue weighted by atomic mass is 16.5. The third kappa shape index (κ3) is 3.64. The van der Waals surface area contributed by atoms with E-state index in [2.05, 4.69) is 10.3 Å². The van der Waals surface area contributed by atoms with Crippen molar-refractivity contribution >= 4 is 17.7 Å². The van der Waals surface area contributed by atoms with Crippen molar-refractivity contribution in [1.29, 1.82) is 0 Å². The molecule has 0 radical (unpaired) electrons. The quantitative estimate of drug-likeness (QED) is 0.839. The second-order valence-electron chi connectivity index (χ2n) is 6.76. The smallest absolute Gasteiger partial charge is 0.324 e. The summed E-state index contributed by atoms with van der Waals surface area (Å²) in [5, 5.41) is 2.86. The fourth-order valence-electron chi connectivity index (χ4n) is 3.45. The van der Waals surface area contributed by atoms with Crippen LogP contribution < -0.4 is 20.7 Å². The van der Waals surface area contributed by atoms with Crippen LogP contribution in [0.25, 0.3) is 0 Å². The maximum absolute atomic E-state index is 12.9. The number of hydrogen-bond donors (Lipinski definition) is 2. The van der Waals surface area contributed by atoms with Crippen molar-refractivity contribution in [2.45, 2.75) is 12.6 Å². The van der Waals surface area contributed by atoms with Crippen LogP contribution in [0.1, 0.15) is 17.2 Å². The second-order valence-corrected chi connectivity index (χ2v) is 6.76. The summed E-state index contributed by atoms with van der Waals surface area (Å²) in [4.78, 5) is 20.9. The minimum Gasteiger partial charge on any atom is -0.497 e. The first-order valence-corrected chi connectivity index (χ1v) is 9.20. The maximum atomic E-state index is 12.9. The third-order valence-corrected chi connectivity index (χ3v) is 4.94. The van der Waals surface area contributed by atoms with Crippen LogP contribution >= 0.6 is 0 Å². The number of rotatable bonds is 5. The molecule has 144 valence electrons. The van der Waals surface area contributed by atoms with E-state index in [1.54, 1.807) is 18.2 Å². The molecular formula is C21H23N5O2. The zero-order chi connectivity index (χ0) is 19.5. The number of aliphatic imine (C=N–C) groups is 1. The summed E-state index contributed by atoms with van der Waals surface area (Å²) in [6.07, 6.45) is 3.74. The van der Waals surface area contributed by atoms with Crippen molar-refractivity contribution in [3.8, 4) is 5.75 Å². The highest BCUT2D eigenvalue weighted by Gasteiger charge is 2.29. The lowest BCUT2D eigenvalue weighted by Crippen LogP contribution is -2.31. The normalized spacial score (nSPS) is 18.8. The molecule has 2 amide bonds. The monoisotopic (exact) mass is 377 g/mol. The number of benzene rings is 2. The number of nitrogens with two attached hydrogens (primary N) is 1. The van der Waals surface area contributed by atoms with Crippen LogP contribution in [-0.2, 0) is 6.54 Å². The summed E-state index contributed by atoms with van der Waals surface area (Å²) < 4.78 is 5.26. The van der Waals surface area contributed by atoms with Gasteiger partial charge in [0, 0.05) is 31.5 Å². The highest BCUT2D eigenvalue weighted by molar-refractivity contribution is 5.94. The van der Waals surface area contributed by atoms with E-state index < -0.39 is 0 Å². The minimum absolute atomic E-state index is 0.0135. The third-order valence-electron chi connectivity index (χ3n) is 4.94. The number of methoxy groups -OCH3 is 1. The van der Waals surface area contributed by atoms with Gasteiger partial charge in [0.2, 0.25) is 0 Å². The topological polar surface area (TPSA) is 83.2 Å². The molecule has 2 aliphatic heterocycles. The van der Waals surface area contributed by atoms with Crippen molar-refractivity contribution in [1.82, 2.24) is 10.2 Å². The molecule has 7 heteroatoms. The van der Waals surface area contributed by atoms with Crippen LogP contribution in [0.2, 0.25) is 0 Å². The number of amides is 2. The Morgan fingerprint density at radius 2 is 2.04 bits per heavy atom. The number of nitrogens with one attached hydrogen (secondary N) is 1. The first-order valence-electron chi connectivity index (χ1n) is 9.20. The Morgan fingerprint density at radius 1 is 1.21 bits per heavy atom. The van der Waals surface area contributed by atoms with E-state index in [-0.39, 0.29) is 12.1 Å². The molecule has 0 bridgehead atoms. The van der Waals surface area contributed by atoms with Crippen LogP contribution in [0, 0.1) is 0 Å². The molecule has 0 aliphatic carbocycles. The number of carbonyl (C=O) groups is 1. The molecule has 0 saturated carbocycles. The van der Waals surface area contributed by atoms with E-state index in [4.69, 9.17) is 10.5 Å². The molecule has 1 atom stereocenters. The lowest BCUT2D eigenvalue weighted by molar-refractivity contribution is 0.218. The van der Waals surface area contributed by atoms with E-state index >= 15 is 0 Å². The predicted molar refractivity (Wildman–Crippen MR) is 109 cm³/mol. The summed E-state index contributed by atoms with van der Waals surface area (Å²) >= 11 is 0. The number of urea groups is 1. The Kier molecular flexibility index (Phi) is 4.89. The van der Waals surface area contributed by atoms with E-state index in [0.717, 1.165) is 22.6 Å². The molecule has 1 unspecified atom stereocenters. The van der Waals surface area contributed by atoms with Gasteiger partial charge in [-0.05, 0) is 41.5 Å². The molecule has 1 fully saturated rings. The van der Waals surface area contributed by atoms with Crippen molar-refractivity contribution in [3.05, 3.63) is 71.9 Å². The molecule has 2 aromatic carbocycles. The number of guanidine groups is 1. The molecule has 2 aliphatic rings. The Balaban J connectivity index is 1.44. The van der Waals surface area contributed by atoms with Gasteiger partial charge in [-0.25, -0.2) is 9.79 Å². The highest BCUT2D eigenvalue weighted by Crippen LogP contribution is 2.26. The van der Waals surface area contributed by atoms with Crippen LogP contribution in [-0.4, -0.2) is 37.1 Å². The molecular weight excluding hydrogens is 354 g/mol. The summed E-state index contributed by atoms with van der Waals surface area (Å²) in [6.45, 7) is 1.93. The molecule has 0 spiro atoms. The van der Waals surface area contributed by atoms with Gasteiger partial charge in [-0.15, -0.1) is 0 Å². The minimum atomic E-state index is -0.103. The van der Waals surface area contributed by atoms with E-state index in [1.165, 1.54) is 0 Å². The number of carbonyl (C=O) groups excluding carboxylic acids is 1. The van der Waals surface area contributed by atoms with E-state index in [0.29, 0.717) is 25.6 Å². The van der Waals surface area contributed by atoms with E-state index in [9.17, 15) is 4.79 Å². The van der Waals surface area contributed by atoms with Crippen molar-refractivity contribution in [3.63, 3.8) is 0 Å². The summed E-state index contributed by atoms with van der Waals surface area (Å²) in [5.74, 6) is 1.20. The van der Waals surface area contributed by atoms with Gasteiger partial charge in [-0.3, -0.25) is 4.90 Å². The van der Waals surface area contributed by atoms with Crippen LogP contribution in [0.4, 0.5) is 10.5 Å². The van der Waals surface area contributed by atoms with Gasteiger partial charge in [0.1, 0.15) is 5.75 Å². The van der Waals surface area contributed by atoms with E-state index in [1.807, 2.05) is 59.5 Å². The zero-order valence-electron chi connectivity index (χ0n) is 15.7. The SMILES string of the molecule is COc1cccc(CN2CCN(c3ccc(C4C=CNC(N)=N4)cc3)C2=O)c1. The average Bonchev–Trinajstić information content (AvgIpc) is 3.08. The number of nitrogens with zero attached hydrogens (tertiary/aromatic N) is 3. The molecule has 3 N–H and O–H groups in total. The molecule has 7 nitrogen and oxygen atoms in total. The number of anilines is 1. The Labute approximate surface area is 164 Å². The second kappa shape index (κ2) is 7.64. The van der Waals surface area contributed by atoms with Crippen LogP contribution in [0.3, 0.4) is 0 Å². The zero-order valence-corrected chi connectivity index (χ0v) is 15.7. The maximum Gasteiger partial charge on any atom is 0.324 e. The first-order chi connectivity index (χ1) is 13.6. The van der Waals surface area contributed by atoms with Gasteiger partial charge in [0.25, 0.3) is 0 Å². The van der Waals surface area contributed by atoms with Gasteiger partial charge < -0.3 is 20.7 Å². The molecule has 28 heavy (non-hydrogen) atoms. The van der Waals surface area contributed by atoms with Crippen molar-refractivity contribution < 1.29 is 9.53 Å². The lowest BCUT2D eigenvalue weighted by atomic mass is 10.1. The van der Waals surface area contributed by atoms with Gasteiger partial charge >= 0.3 is 6.03 Å². The predicted octanol–water partition coefficient (Wildman–Crippen LogP) is 2.61. The average molecular weight is 377 g/mol. The molecule has 4 rings (SSSR count). The lowest BCUT2D eigenvalue weighted by Gasteiger charge is -2.20. The Hall–Kier alpha value is -3.48. The van der Waals surface area contributed by atoms with Gasteiger partial charge in [-0.2, -0.15) is 0 Å². The number of hydrogen-bond acceptors (Lipinski definition) is 5. The molecule has 2 aromatic rings. The van der Waals surface area contributed by atoms with Gasteiger partial charge in [-0.1, -0.05) is 24.3 Å². The van der Waals surface area contributed by atoms with Crippen molar-refractivity contribution in [2.24, 2.45) is 10.7 Å². The summed E-state index contributed by atoms with van der Waals surface area (Å²) in [5.41, 5.74) is 8.70. The van der Waals surface area contributed by atoms with Gasteiger partial charge in [0.05, 0.1) is 13.2 Å². The standard InChI is InChI=1S/C21H23N5O2/c1-28-18-4-2-3-15(13-18)14-25-11-12-26(21(25)27)17-7-5-16(6-8-17)19-9-10-23-20(22)24-19/h2-10,13,19H,11-12,14H2,1H3,(H3,22,23,24). The van der Waals surface area contributed by atoms with Crippen LogP contribution in [0.5, 0.6) is 5.75 Å².